The Labute approximate surface area is 149 Å². The van der Waals surface area contributed by atoms with Gasteiger partial charge in [-0.2, -0.15) is 0 Å². The van der Waals surface area contributed by atoms with Crippen LogP contribution in [0.5, 0.6) is 11.5 Å². The Kier molecular flexibility index (Phi) is 5.45. The largest absolute Gasteiger partial charge is 0.455 e. The lowest BCUT2D eigenvalue weighted by Crippen LogP contribution is -2.24. The average molecular weight is 359 g/mol. The van der Waals surface area contributed by atoms with Gasteiger partial charge in [0.15, 0.2) is 18.1 Å². The van der Waals surface area contributed by atoms with E-state index in [1.807, 2.05) is 30.3 Å². The molecule has 2 aromatic rings. The van der Waals surface area contributed by atoms with Crippen LogP contribution in [-0.4, -0.2) is 30.5 Å². The fraction of sp³-hybridized carbons (Fsp3) is 0.222. The van der Waals surface area contributed by atoms with Crippen LogP contribution in [0.1, 0.15) is 6.92 Å². The second-order valence-electron chi connectivity index (χ2n) is 5.30. The molecule has 6 nitrogen and oxygen atoms in total. The molecule has 0 saturated heterocycles. The number of ether oxygens (including phenoxy) is 3. The summed E-state index contributed by atoms with van der Waals surface area (Å²) in [4.78, 5) is 24.9. The van der Waals surface area contributed by atoms with E-state index in [4.69, 9.17) is 14.2 Å². The van der Waals surface area contributed by atoms with E-state index in [2.05, 4.69) is 5.32 Å². The molecule has 0 saturated carbocycles. The van der Waals surface area contributed by atoms with E-state index in [1.54, 1.807) is 25.1 Å². The van der Waals surface area contributed by atoms with Crippen LogP contribution in [0.2, 0.25) is 0 Å². The number of benzene rings is 2. The van der Waals surface area contributed by atoms with Crippen LogP contribution in [0.25, 0.3) is 0 Å². The second kappa shape index (κ2) is 7.94. The van der Waals surface area contributed by atoms with Crippen LogP contribution in [0.3, 0.4) is 0 Å². The highest BCUT2D eigenvalue weighted by atomic mass is 32.2. The number of hydrogen-bond donors (Lipinski definition) is 1. The van der Waals surface area contributed by atoms with Gasteiger partial charge in [0.05, 0.1) is 0 Å². The number of esters is 1. The van der Waals surface area contributed by atoms with Crippen LogP contribution in [0, 0.1) is 0 Å². The molecular formula is C18H17NO5S. The summed E-state index contributed by atoms with van der Waals surface area (Å²) in [6.45, 7) is 1.57. The molecule has 1 N–H and O–H groups in total. The average Bonchev–Trinajstić information content (AvgIpc) is 3.08. The van der Waals surface area contributed by atoms with Crippen LogP contribution >= 0.6 is 11.8 Å². The van der Waals surface area contributed by atoms with Gasteiger partial charge in [-0.15, -0.1) is 11.8 Å². The third kappa shape index (κ3) is 4.67. The number of hydrogen-bond acceptors (Lipinski definition) is 6. The first-order valence-corrected chi connectivity index (χ1v) is 8.57. The lowest BCUT2D eigenvalue weighted by Gasteiger charge is -2.11. The summed E-state index contributed by atoms with van der Waals surface area (Å²) in [5.41, 5.74) is 0.553. The molecule has 0 aromatic heterocycles. The van der Waals surface area contributed by atoms with Crippen molar-refractivity contribution in [2.24, 2.45) is 0 Å². The van der Waals surface area contributed by atoms with Gasteiger partial charge in [-0.1, -0.05) is 18.2 Å². The van der Waals surface area contributed by atoms with Crippen molar-refractivity contribution in [2.45, 2.75) is 17.1 Å². The molecule has 7 heteroatoms. The third-order valence-corrected chi connectivity index (χ3v) is 4.48. The van der Waals surface area contributed by atoms with Crippen molar-refractivity contribution in [1.82, 2.24) is 0 Å². The smallest absolute Gasteiger partial charge is 0.319 e. The van der Waals surface area contributed by atoms with Crippen molar-refractivity contribution in [3.63, 3.8) is 0 Å². The number of nitrogens with one attached hydrogen (secondary N) is 1. The van der Waals surface area contributed by atoms with E-state index in [0.717, 1.165) is 4.90 Å². The zero-order valence-corrected chi connectivity index (χ0v) is 14.4. The first-order chi connectivity index (χ1) is 12.1. The Morgan fingerprint density at radius 2 is 1.92 bits per heavy atom. The number of anilines is 1. The maximum absolute atomic E-state index is 12.0. The van der Waals surface area contributed by atoms with Gasteiger partial charge in [0.2, 0.25) is 6.79 Å². The lowest BCUT2D eigenvalue weighted by atomic mass is 10.3. The number of thioether (sulfide) groups is 1. The van der Waals surface area contributed by atoms with Gasteiger partial charge in [0.1, 0.15) is 5.25 Å². The predicted octanol–water partition coefficient (Wildman–Crippen LogP) is 3.08. The highest BCUT2D eigenvalue weighted by Gasteiger charge is 2.18. The summed E-state index contributed by atoms with van der Waals surface area (Å²) in [6.07, 6.45) is 0. The molecule has 3 rings (SSSR count). The molecule has 0 spiro atoms. The lowest BCUT2D eigenvalue weighted by molar-refractivity contribution is -0.146. The zero-order chi connectivity index (χ0) is 17.6. The molecule has 1 amide bonds. The maximum Gasteiger partial charge on any atom is 0.319 e. The molecule has 1 aliphatic rings. The minimum absolute atomic E-state index is 0.168. The Bertz CT molecular complexity index is 765. The maximum atomic E-state index is 12.0. The van der Waals surface area contributed by atoms with Gasteiger partial charge in [-0.3, -0.25) is 9.59 Å². The monoisotopic (exact) mass is 359 g/mol. The quantitative estimate of drug-likeness (QED) is 0.631. The molecule has 130 valence electrons. The van der Waals surface area contributed by atoms with E-state index >= 15 is 0 Å². The Morgan fingerprint density at radius 3 is 2.72 bits per heavy atom. The minimum Gasteiger partial charge on any atom is -0.455 e. The van der Waals surface area contributed by atoms with Gasteiger partial charge in [0.25, 0.3) is 5.91 Å². The molecule has 0 radical (unpaired) electrons. The number of carbonyl (C=O) groups excluding carboxylic acids is 2. The Hall–Kier alpha value is -2.67. The van der Waals surface area contributed by atoms with E-state index in [9.17, 15) is 9.59 Å². The second-order valence-corrected chi connectivity index (χ2v) is 6.71. The molecule has 0 bridgehead atoms. The number of rotatable bonds is 6. The molecule has 1 aliphatic heterocycles. The number of amides is 1. The fourth-order valence-electron chi connectivity index (χ4n) is 2.18. The van der Waals surface area contributed by atoms with Crippen LogP contribution in [0.4, 0.5) is 5.69 Å². The van der Waals surface area contributed by atoms with Gasteiger partial charge in [-0.05, 0) is 31.2 Å². The summed E-state index contributed by atoms with van der Waals surface area (Å²) in [7, 11) is 0. The fourth-order valence-corrected chi connectivity index (χ4v) is 3.06. The van der Waals surface area contributed by atoms with E-state index in [0.29, 0.717) is 17.2 Å². The van der Waals surface area contributed by atoms with Crippen molar-refractivity contribution in [3.05, 3.63) is 48.5 Å². The van der Waals surface area contributed by atoms with Crippen LogP contribution in [0.15, 0.2) is 53.4 Å². The van der Waals surface area contributed by atoms with E-state index < -0.39 is 17.1 Å². The highest BCUT2D eigenvalue weighted by molar-refractivity contribution is 8.00. The summed E-state index contributed by atoms with van der Waals surface area (Å²) in [5, 5.41) is 2.26. The zero-order valence-electron chi connectivity index (χ0n) is 13.6. The van der Waals surface area contributed by atoms with E-state index in [1.165, 1.54) is 11.8 Å². The summed E-state index contributed by atoms with van der Waals surface area (Å²) in [5.74, 6) is 0.359. The molecule has 2 aromatic carbocycles. The van der Waals surface area contributed by atoms with Crippen LogP contribution < -0.4 is 14.8 Å². The van der Waals surface area contributed by atoms with E-state index in [-0.39, 0.29) is 13.4 Å². The predicted molar refractivity (Wildman–Crippen MR) is 93.9 cm³/mol. The molecule has 0 unspecified atom stereocenters. The molecule has 25 heavy (non-hydrogen) atoms. The van der Waals surface area contributed by atoms with Crippen molar-refractivity contribution < 1.29 is 23.8 Å². The molecule has 0 aliphatic carbocycles. The van der Waals surface area contributed by atoms with Crippen molar-refractivity contribution >= 4 is 29.3 Å². The first kappa shape index (κ1) is 17.2. The Balaban J connectivity index is 1.46. The minimum atomic E-state index is -0.435. The van der Waals surface area contributed by atoms with Crippen molar-refractivity contribution in [2.75, 3.05) is 18.7 Å². The van der Waals surface area contributed by atoms with Gasteiger partial charge in [-0.25, -0.2) is 0 Å². The topological polar surface area (TPSA) is 73.9 Å². The SMILES string of the molecule is C[C@H](Sc1ccccc1)C(=O)OCC(=O)Nc1ccc2c(c1)OCO2. The normalized spacial score (nSPS) is 13.2. The van der Waals surface area contributed by atoms with Gasteiger partial charge < -0.3 is 19.5 Å². The Morgan fingerprint density at radius 1 is 1.16 bits per heavy atom. The van der Waals surface area contributed by atoms with Gasteiger partial charge >= 0.3 is 5.97 Å². The summed E-state index contributed by atoms with van der Waals surface area (Å²) >= 11 is 1.38. The number of carbonyl (C=O) groups is 2. The molecule has 0 fully saturated rings. The van der Waals surface area contributed by atoms with Gasteiger partial charge in [0, 0.05) is 16.6 Å². The number of fused-ring (bicyclic) bond motifs is 1. The summed E-state index contributed by atoms with van der Waals surface area (Å²) in [6, 6.07) is 14.6. The standard InChI is InChI=1S/C18H17NO5S/c1-12(25-14-5-3-2-4-6-14)18(21)22-10-17(20)19-13-7-8-15-16(9-13)24-11-23-15/h2-9,12H,10-11H2,1H3,(H,19,20)/t12-/m0/s1. The van der Waals surface area contributed by atoms with Crippen molar-refractivity contribution in [3.8, 4) is 11.5 Å². The molecule has 1 atom stereocenters. The van der Waals surface area contributed by atoms with Crippen LogP contribution in [-0.2, 0) is 14.3 Å². The third-order valence-electron chi connectivity index (χ3n) is 3.39. The highest BCUT2D eigenvalue weighted by Crippen LogP contribution is 2.34. The summed E-state index contributed by atoms with van der Waals surface area (Å²) < 4.78 is 15.5. The molecule has 1 heterocycles. The molecular weight excluding hydrogens is 342 g/mol. The van der Waals surface area contributed by atoms with Crippen molar-refractivity contribution in [1.29, 1.82) is 0 Å². The first-order valence-electron chi connectivity index (χ1n) is 7.69.